The highest BCUT2D eigenvalue weighted by Crippen LogP contribution is 2.31. The number of anilines is 1. The maximum atomic E-state index is 12.7. The number of hydrogen-bond acceptors (Lipinski definition) is 4. The molecule has 0 radical (unpaired) electrons. The zero-order valence-corrected chi connectivity index (χ0v) is 14.7. The SMILES string of the molecule is COc1ccccc1N1CCC(NC(=O)[C@@H](N)Cc2ccccc2)C1=O. The Balaban J connectivity index is 1.62. The highest BCUT2D eigenvalue weighted by molar-refractivity contribution is 6.02. The minimum atomic E-state index is -0.689. The monoisotopic (exact) mass is 353 g/mol. The van der Waals surface area contributed by atoms with E-state index in [0.717, 1.165) is 5.56 Å². The first-order valence-corrected chi connectivity index (χ1v) is 8.64. The lowest BCUT2D eigenvalue weighted by atomic mass is 10.1. The Morgan fingerprint density at radius 2 is 1.92 bits per heavy atom. The van der Waals surface area contributed by atoms with Gasteiger partial charge in [0.15, 0.2) is 0 Å². The summed E-state index contributed by atoms with van der Waals surface area (Å²) in [5.74, 6) is 0.178. The first kappa shape index (κ1) is 17.9. The molecule has 1 fully saturated rings. The summed E-state index contributed by atoms with van der Waals surface area (Å²) in [6.07, 6.45) is 0.977. The Hall–Kier alpha value is -2.86. The van der Waals surface area contributed by atoms with Crippen molar-refractivity contribution in [1.82, 2.24) is 5.32 Å². The van der Waals surface area contributed by atoms with E-state index < -0.39 is 12.1 Å². The first-order valence-electron chi connectivity index (χ1n) is 8.64. The predicted octanol–water partition coefficient (Wildman–Crippen LogP) is 1.49. The van der Waals surface area contributed by atoms with Crippen molar-refractivity contribution in [3.05, 3.63) is 60.2 Å². The average Bonchev–Trinajstić information content (AvgIpc) is 3.02. The molecule has 136 valence electrons. The molecule has 1 heterocycles. The van der Waals surface area contributed by atoms with Crippen LogP contribution in [0.4, 0.5) is 5.69 Å². The van der Waals surface area contributed by atoms with Gasteiger partial charge in [-0.15, -0.1) is 0 Å². The van der Waals surface area contributed by atoms with Crippen molar-refractivity contribution >= 4 is 17.5 Å². The number of nitrogens with zero attached hydrogens (tertiary/aromatic N) is 1. The van der Waals surface area contributed by atoms with Gasteiger partial charge in [-0.1, -0.05) is 42.5 Å². The van der Waals surface area contributed by atoms with Crippen molar-refractivity contribution in [1.29, 1.82) is 0 Å². The van der Waals surface area contributed by atoms with Crippen LogP contribution < -0.4 is 20.7 Å². The number of rotatable bonds is 6. The summed E-state index contributed by atoms with van der Waals surface area (Å²) in [5, 5.41) is 2.79. The molecule has 1 aliphatic heterocycles. The summed E-state index contributed by atoms with van der Waals surface area (Å²) in [6.45, 7) is 0.526. The minimum absolute atomic E-state index is 0.144. The Bertz CT molecular complexity index is 779. The van der Waals surface area contributed by atoms with Gasteiger partial charge in [0.2, 0.25) is 11.8 Å². The van der Waals surface area contributed by atoms with Crippen molar-refractivity contribution < 1.29 is 14.3 Å². The number of para-hydroxylation sites is 2. The van der Waals surface area contributed by atoms with Crippen LogP contribution >= 0.6 is 0 Å². The lowest BCUT2D eigenvalue weighted by Crippen LogP contribution is -2.49. The number of hydrogen-bond donors (Lipinski definition) is 2. The summed E-state index contributed by atoms with van der Waals surface area (Å²) in [5.41, 5.74) is 7.71. The number of carbonyl (C=O) groups is 2. The molecular weight excluding hydrogens is 330 g/mol. The summed E-state index contributed by atoms with van der Waals surface area (Å²) >= 11 is 0. The van der Waals surface area contributed by atoms with Crippen molar-refractivity contribution in [2.75, 3.05) is 18.6 Å². The second-order valence-corrected chi connectivity index (χ2v) is 6.31. The summed E-state index contributed by atoms with van der Waals surface area (Å²) in [7, 11) is 1.57. The van der Waals surface area contributed by atoms with Crippen LogP contribution in [0, 0.1) is 0 Å². The maximum absolute atomic E-state index is 12.7. The van der Waals surface area contributed by atoms with Crippen LogP contribution in [-0.2, 0) is 16.0 Å². The highest BCUT2D eigenvalue weighted by atomic mass is 16.5. The smallest absolute Gasteiger partial charge is 0.249 e. The summed E-state index contributed by atoms with van der Waals surface area (Å²) < 4.78 is 5.33. The summed E-state index contributed by atoms with van der Waals surface area (Å²) in [6, 6.07) is 15.7. The van der Waals surface area contributed by atoms with E-state index in [1.54, 1.807) is 12.0 Å². The van der Waals surface area contributed by atoms with Gasteiger partial charge in [-0.25, -0.2) is 0 Å². The van der Waals surface area contributed by atoms with Crippen LogP contribution in [0.5, 0.6) is 5.75 Å². The topological polar surface area (TPSA) is 84.7 Å². The van der Waals surface area contributed by atoms with Crippen LogP contribution in [0.2, 0.25) is 0 Å². The minimum Gasteiger partial charge on any atom is -0.495 e. The highest BCUT2D eigenvalue weighted by Gasteiger charge is 2.35. The molecule has 2 aromatic rings. The van der Waals surface area contributed by atoms with Crippen LogP contribution in [0.15, 0.2) is 54.6 Å². The molecule has 0 aliphatic carbocycles. The second kappa shape index (κ2) is 8.01. The number of carbonyl (C=O) groups excluding carboxylic acids is 2. The van der Waals surface area contributed by atoms with Crippen molar-refractivity contribution in [2.24, 2.45) is 5.73 Å². The van der Waals surface area contributed by atoms with E-state index in [-0.39, 0.29) is 11.8 Å². The van der Waals surface area contributed by atoms with Crippen LogP contribution in [0.25, 0.3) is 0 Å². The van der Waals surface area contributed by atoms with Gasteiger partial charge in [-0.05, 0) is 30.5 Å². The van der Waals surface area contributed by atoms with Gasteiger partial charge in [0.1, 0.15) is 11.8 Å². The lowest BCUT2D eigenvalue weighted by Gasteiger charge is -2.20. The normalized spacial score (nSPS) is 17.8. The van der Waals surface area contributed by atoms with Crippen molar-refractivity contribution in [2.45, 2.75) is 24.9 Å². The third-order valence-corrected chi connectivity index (χ3v) is 4.53. The van der Waals surface area contributed by atoms with E-state index in [1.165, 1.54) is 0 Å². The van der Waals surface area contributed by atoms with Gasteiger partial charge in [-0.3, -0.25) is 9.59 Å². The van der Waals surface area contributed by atoms with Crippen molar-refractivity contribution in [3.63, 3.8) is 0 Å². The van der Waals surface area contributed by atoms with Gasteiger partial charge < -0.3 is 20.7 Å². The zero-order chi connectivity index (χ0) is 18.5. The number of ether oxygens (including phenoxy) is 1. The van der Waals surface area contributed by atoms with Gasteiger partial charge >= 0.3 is 0 Å². The fraction of sp³-hybridized carbons (Fsp3) is 0.300. The first-order chi connectivity index (χ1) is 12.6. The molecule has 1 unspecified atom stereocenters. The number of amides is 2. The lowest BCUT2D eigenvalue weighted by molar-refractivity contribution is -0.127. The summed E-state index contributed by atoms with van der Waals surface area (Å²) in [4.78, 5) is 26.7. The van der Waals surface area contributed by atoms with Crippen molar-refractivity contribution in [3.8, 4) is 5.75 Å². The third kappa shape index (κ3) is 3.86. The van der Waals surface area contributed by atoms with E-state index in [1.807, 2.05) is 54.6 Å². The van der Waals surface area contributed by atoms with E-state index in [4.69, 9.17) is 10.5 Å². The fourth-order valence-electron chi connectivity index (χ4n) is 3.15. The number of nitrogens with two attached hydrogens (primary N) is 1. The van der Waals surface area contributed by atoms with E-state index in [9.17, 15) is 9.59 Å². The number of nitrogens with one attached hydrogen (secondary N) is 1. The molecule has 0 bridgehead atoms. The maximum Gasteiger partial charge on any atom is 0.249 e. The Morgan fingerprint density at radius 1 is 1.23 bits per heavy atom. The number of benzene rings is 2. The second-order valence-electron chi connectivity index (χ2n) is 6.31. The van der Waals surface area contributed by atoms with E-state index in [0.29, 0.717) is 30.8 Å². The molecule has 2 aromatic carbocycles. The molecule has 0 spiro atoms. The number of methoxy groups -OCH3 is 1. The Kier molecular flexibility index (Phi) is 5.53. The van der Waals surface area contributed by atoms with Crippen LogP contribution in [-0.4, -0.2) is 37.6 Å². The standard InChI is InChI=1S/C20H23N3O3/c1-26-18-10-6-5-9-17(18)23-12-11-16(20(23)25)22-19(24)15(21)13-14-7-3-2-4-8-14/h2-10,15-16H,11-13,21H2,1H3,(H,22,24)/t15-,16?/m0/s1. The molecule has 2 amide bonds. The molecule has 6 heteroatoms. The van der Waals surface area contributed by atoms with E-state index >= 15 is 0 Å². The molecule has 1 aliphatic rings. The van der Waals surface area contributed by atoms with Gasteiger partial charge in [-0.2, -0.15) is 0 Å². The zero-order valence-electron chi connectivity index (χ0n) is 14.7. The van der Waals surface area contributed by atoms with Gasteiger partial charge in [0, 0.05) is 6.54 Å². The molecule has 3 rings (SSSR count). The molecule has 0 saturated carbocycles. The molecule has 2 atom stereocenters. The molecule has 1 saturated heterocycles. The van der Waals surface area contributed by atoms with Crippen LogP contribution in [0.1, 0.15) is 12.0 Å². The third-order valence-electron chi connectivity index (χ3n) is 4.53. The van der Waals surface area contributed by atoms with E-state index in [2.05, 4.69) is 5.32 Å². The molecular formula is C20H23N3O3. The average molecular weight is 353 g/mol. The molecule has 3 N–H and O–H groups in total. The Morgan fingerprint density at radius 3 is 2.65 bits per heavy atom. The molecule has 6 nitrogen and oxygen atoms in total. The fourth-order valence-corrected chi connectivity index (χ4v) is 3.15. The van der Waals surface area contributed by atoms with Crippen LogP contribution in [0.3, 0.4) is 0 Å². The van der Waals surface area contributed by atoms with Gasteiger partial charge in [0.05, 0.1) is 18.8 Å². The largest absolute Gasteiger partial charge is 0.495 e. The predicted molar refractivity (Wildman–Crippen MR) is 100 cm³/mol. The quantitative estimate of drug-likeness (QED) is 0.824. The molecule has 0 aromatic heterocycles. The molecule has 26 heavy (non-hydrogen) atoms. The van der Waals surface area contributed by atoms with Gasteiger partial charge in [0.25, 0.3) is 0 Å². The Labute approximate surface area is 152 Å².